The number of carbonyl (C=O) groups excluding carboxylic acids is 1. The molecule has 1 atom stereocenters. The molecule has 0 fully saturated rings. The van der Waals surface area contributed by atoms with Gasteiger partial charge in [-0.2, -0.15) is 0 Å². The second-order valence-electron chi connectivity index (χ2n) is 3.88. The van der Waals surface area contributed by atoms with Gasteiger partial charge in [-0.1, -0.05) is 64.0 Å². The molecule has 1 nitrogen and oxygen atoms in total. The van der Waals surface area contributed by atoms with Crippen molar-refractivity contribution in [3.63, 3.8) is 0 Å². The highest BCUT2D eigenvalue weighted by molar-refractivity contribution is 7.55. The van der Waals surface area contributed by atoms with E-state index in [4.69, 9.17) is 0 Å². The van der Waals surface area contributed by atoms with Crippen molar-refractivity contribution < 1.29 is 4.79 Å². The third-order valence-electron chi connectivity index (χ3n) is 2.72. The number of carbonyl (C=O) groups is 1. The molecule has 0 radical (unpaired) electrons. The molecule has 2 aromatic carbocycles. The minimum Gasteiger partial charge on any atom is -0.298 e. The summed E-state index contributed by atoms with van der Waals surface area (Å²) in [7, 11) is 0.664. The van der Waals surface area contributed by atoms with E-state index >= 15 is 0 Å². The summed E-state index contributed by atoms with van der Waals surface area (Å²) in [5, 5.41) is 2.67. The van der Waals surface area contributed by atoms with E-state index in [0.29, 0.717) is 8.58 Å². The van der Waals surface area contributed by atoms with Gasteiger partial charge in [0.15, 0.2) is 0 Å². The largest absolute Gasteiger partial charge is 0.298 e. The molecule has 0 saturated carbocycles. The smallest absolute Gasteiger partial charge is 0.150 e. The van der Waals surface area contributed by atoms with Crippen molar-refractivity contribution in [1.29, 1.82) is 0 Å². The van der Waals surface area contributed by atoms with Crippen molar-refractivity contribution in [2.24, 2.45) is 0 Å². The third kappa shape index (κ3) is 3.01. The van der Waals surface area contributed by atoms with Gasteiger partial charge < -0.3 is 0 Å². The van der Waals surface area contributed by atoms with Crippen LogP contribution in [-0.2, 0) is 6.42 Å². The van der Waals surface area contributed by atoms with Crippen LogP contribution in [0.3, 0.4) is 0 Å². The number of aryl methyl sites for hydroxylation is 1. The van der Waals surface area contributed by atoms with Crippen molar-refractivity contribution in [3.8, 4) is 0 Å². The van der Waals surface area contributed by atoms with Gasteiger partial charge in [0, 0.05) is 5.56 Å². The van der Waals surface area contributed by atoms with E-state index in [-0.39, 0.29) is 0 Å². The summed E-state index contributed by atoms with van der Waals surface area (Å²) in [5.41, 5.74) is 2.15. The first-order chi connectivity index (χ1) is 8.33. The highest BCUT2D eigenvalue weighted by Gasteiger charge is 2.01. The Morgan fingerprint density at radius 2 is 1.76 bits per heavy atom. The molecule has 0 aliphatic rings. The lowest BCUT2D eigenvalue weighted by molar-refractivity contribution is 0.112. The van der Waals surface area contributed by atoms with Crippen LogP contribution in [0.15, 0.2) is 48.5 Å². The first-order valence-corrected chi connectivity index (χ1v) is 6.73. The van der Waals surface area contributed by atoms with E-state index in [1.807, 2.05) is 24.3 Å². The molecular formula is C15H15OP. The number of hydrogen-bond donors (Lipinski definition) is 0. The van der Waals surface area contributed by atoms with Gasteiger partial charge in [-0.3, -0.25) is 4.79 Å². The van der Waals surface area contributed by atoms with Crippen molar-refractivity contribution in [2.45, 2.75) is 13.3 Å². The maximum absolute atomic E-state index is 10.6. The number of aldehydes is 1. The van der Waals surface area contributed by atoms with E-state index in [2.05, 4.69) is 31.2 Å². The minimum absolute atomic E-state index is 0.664. The fraction of sp³-hybridized carbons (Fsp3) is 0.133. The number of benzene rings is 2. The molecule has 0 spiro atoms. The maximum Gasteiger partial charge on any atom is 0.150 e. The van der Waals surface area contributed by atoms with Crippen LogP contribution < -0.4 is 10.6 Å². The molecule has 1 unspecified atom stereocenters. The zero-order valence-electron chi connectivity index (χ0n) is 9.81. The fourth-order valence-electron chi connectivity index (χ4n) is 1.75. The van der Waals surface area contributed by atoms with Gasteiger partial charge >= 0.3 is 0 Å². The van der Waals surface area contributed by atoms with Crippen LogP contribution >= 0.6 is 8.58 Å². The van der Waals surface area contributed by atoms with Crippen LogP contribution in [0.2, 0.25) is 0 Å². The van der Waals surface area contributed by atoms with E-state index in [0.717, 1.165) is 18.3 Å². The summed E-state index contributed by atoms with van der Waals surface area (Å²) in [4.78, 5) is 10.6. The van der Waals surface area contributed by atoms with Gasteiger partial charge in [-0.25, -0.2) is 0 Å². The van der Waals surface area contributed by atoms with Gasteiger partial charge in [0.25, 0.3) is 0 Å². The standard InChI is InChI=1S/C15H15OP/c1-2-13-5-3-4-6-15(13)17-14-9-7-12(11-16)8-10-14/h3-11,17H,2H2,1H3. The zero-order valence-corrected chi connectivity index (χ0v) is 10.8. The Kier molecular flexibility index (Phi) is 4.06. The highest BCUT2D eigenvalue weighted by atomic mass is 31.1. The molecule has 0 bridgehead atoms. The normalized spacial score (nSPS) is 10.9. The van der Waals surface area contributed by atoms with Crippen LogP contribution in [-0.4, -0.2) is 6.29 Å². The monoisotopic (exact) mass is 242 g/mol. The average molecular weight is 242 g/mol. The Labute approximate surface area is 104 Å². The SMILES string of the molecule is CCc1ccccc1Pc1ccc(C=O)cc1. The van der Waals surface area contributed by atoms with Crippen molar-refractivity contribution in [1.82, 2.24) is 0 Å². The fourth-order valence-corrected chi connectivity index (χ4v) is 3.00. The van der Waals surface area contributed by atoms with E-state index in [9.17, 15) is 4.79 Å². The molecule has 0 heterocycles. The minimum atomic E-state index is 0.664. The maximum atomic E-state index is 10.6. The summed E-state index contributed by atoms with van der Waals surface area (Å²) in [5.74, 6) is 0. The predicted octanol–water partition coefficient (Wildman–Crippen LogP) is 2.69. The van der Waals surface area contributed by atoms with Gasteiger partial charge in [-0.15, -0.1) is 0 Å². The van der Waals surface area contributed by atoms with Crippen molar-refractivity contribution >= 4 is 25.5 Å². The predicted molar refractivity (Wildman–Crippen MR) is 75.2 cm³/mol. The lowest BCUT2D eigenvalue weighted by Gasteiger charge is -2.07. The Morgan fingerprint density at radius 1 is 1.06 bits per heavy atom. The Bertz CT molecular complexity index is 503. The lowest BCUT2D eigenvalue weighted by atomic mass is 10.2. The Morgan fingerprint density at radius 3 is 2.41 bits per heavy atom. The summed E-state index contributed by atoms with van der Waals surface area (Å²) in [6.45, 7) is 2.18. The Balaban J connectivity index is 2.21. The summed E-state index contributed by atoms with van der Waals surface area (Å²) < 4.78 is 0. The zero-order chi connectivity index (χ0) is 12.1. The van der Waals surface area contributed by atoms with Crippen LogP contribution in [0.5, 0.6) is 0 Å². The van der Waals surface area contributed by atoms with Crippen molar-refractivity contribution in [2.75, 3.05) is 0 Å². The van der Waals surface area contributed by atoms with Crippen LogP contribution in [0, 0.1) is 0 Å². The van der Waals surface area contributed by atoms with Crippen molar-refractivity contribution in [3.05, 3.63) is 59.7 Å². The van der Waals surface area contributed by atoms with Gasteiger partial charge in [-0.05, 0) is 22.6 Å². The van der Waals surface area contributed by atoms with E-state index in [1.54, 1.807) is 0 Å². The highest BCUT2D eigenvalue weighted by Crippen LogP contribution is 2.14. The Hall–Kier alpha value is -1.46. The summed E-state index contributed by atoms with van der Waals surface area (Å²) in [6.07, 6.45) is 1.95. The molecule has 0 aromatic heterocycles. The van der Waals surface area contributed by atoms with Gasteiger partial charge in [0.05, 0.1) is 0 Å². The molecule has 2 heteroatoms. The molecular weight excluding hydrogens is 227 g/mol. The second-order valence-corrected chi connectivity index (χ2v) is 5.24. The molecule has 2 rings (SSSR count). The molecule has 2 aromatic rings. The third-order valence-corrected chi connectivity index (χ3v) is 4.10. The molecule has 0 aliphatic carbocycles. The first kappa shape index (κ1) is 12.0. The molecule has 17 heavy (non-hydrogen) atoms. The van der Waals surface area contributed by atoms with E-state index in [1.165, 1.54) is 16.2 Å². The number of rotatable bonds is 4. The van der Waals surface area contributed by atoms with Crippen LogP contribution in [0.4, 0.5) is 0 Å². The second kappa shape index (κ2) is 5.75. The molecule has 0 N–H and O–H groups in total. The average Bonchev–Trinajstić information content (AvgIpc) is 2.40. The topological polar surface area (TPSA) is 17.1 Å². The lowest BCUT2D eigenvalue weighted by Crippen LogP contribution is -2.08. The quantitative estimate of drug-likeness (QED) is 0.595. The molecule has 0 aliphatic heterocycles. The molecule has 0 saturated heterocycles. The van der Waals surface area contributed by atoms with Gasteiger partial charge in [0.2, 0.25) is 0 Å². The van der Waals surface area contributed by atoms with E-state index < -0.39 is 0 Å². The summed E-state index contributed by atoms with van der Waals surface area (Å²) >= 11 is 0. The molecule has 0 amide bonds. The van der Waals surface area contributed by atoms with Crippen LogP contribution in [0.1, 0.15) is 22.8 Å². The summed E-state index contributed by atoms with van der Waals surface area (Å²) in [6, 6.07) is 16.4. The van der Waals surface area contributed by atoms with Crippen LogP contribution in [0.25, 0.3) is 0 Å². The number of hydrogen-bond acceptors (Lipinski definition) is 1. The molecule has 86 valence electrons. The van der Waals surface area contributed by atoms with Gasteiger partial charge in [0.1, 0.15) is 6.29 Å². The first-order valence-electron chi connectivity index (χ1n) is 5.73.